The zero-order valence-corrected chi connectivity index (χ0v) is 14.0. The van der Waals surface area contributed by atoms with Crippen LogP contribution in [0.5, 0.6) is 5.75 Å². The van der Waals surface area contributed by atoms with Crippen molar-refractivity contribution in [1.82, 2.24) is 10.3 Å². The number of rotatable bonds is 2. The largest absolute Gasteiger partial charge is 0.506 e. The van der Waals surface area contributed by atoms with E-state index in [1.165, 1.54) is 31.4 Å². The number of hydrogen-bond acceptors (Lipinski definition) is 3. The fourth-order valence-electron chi connectivity index (χ4n) is 5.95. The van der Waals surface area contributed by atoms with Crippen LogP contribution < -0.4 is 10.7 Å². The molecule has 1 amide bonds. The Balaban J connectivity index is 1.48. The first kappa shape index (κ1) is 15.0. The summed E-state index contributed by atoms with van der Waals surface area (Å²) in [6.45, 7) is 0. The van der Waals surface area contributed by atoms with Crippen LogP contribution in [0.1, 0.15) is 49.0 Å². The van der Waals surface area contributed by atoms with Crippen LogP contribution in [0.3, 0.4) is 0 Å². The van der Waals surface area contributed by atoms with Crippen LogP contribution in [0, 0.1) is 17.8 Å². The number of nitrogens with one attached hydrogen (secondary N) is 2. The number of para-hydroxylation sites is 1. The van der Waals surface area contributed by atoms with Crippen LogP contribution in [0.4, 0.5) is 0 Å². The normalized spacial score (nSPS) is 32.9. The van der Waals surface area contributed by atoms with Gasteiger partial charge in [0.25, 0.3) is 5.91 Å². The van der Waals surface area contributed by atoms with E-state index in [-0.39, 0.29) is 28.3 Å². The minimum absolute atomic E-state index is 0.0148. The summed E-state index contributed by atoms with van der Waals surface area (Å²) in [5.41, 5.74) is 0.205. The number of phenols is 1. The molecule has 1 aromatic carbocycles. The number of phenolic OH excluding ortho intramolecular Hbond substituents is 1. The van der Waals surface area contributed by atoms with Crippen LogP contribution in [0.15, 0.2) is 29.1 Å². The summed E-state index contributed by atoms with van der Waals surface area (Å²) < 4.78 is 0. The van der Waals surface area contributed by atoms with E-state index in [0.29, 0.717) is 10.9 Å². The topological polar surface area (TPSA) is 82.2 Å². The number of hydrogen-bond donors (Lipinski definition) is 3. The van der Waals surface area contributed by atoms with E-state index in [1.54, 1.807) is 12.1 Å². The lowest BCUT2D eigenvalue weighted by molar-refractivity contribution is -0.0167. The summed E-state index contributed by atoms with van der Waals surface area (Å²) in [7, 11) is 0. The SMILES string of the molecule is O=C(NC12CC3CC(CC(C3)C1)C2)c1cc(=O)c2cccc(O)c2[nH]1. The Hall–Kier alpha value is -2.30. The molecule has 0 radical (unpaired) electrons. The van der Waals surface area contributed by atoms with Gasteiger partial charge in [-0.15, -0.1) is 0 Å². The Labute approximate surface area is 145 Å². The van der Waals surface area contributed by atoms with Gasteiger partial charge in [-0.1, -0.05) is 6.07 Å². The molecular formula is C20H22N2O3. The van der Waals surface area contributed by atoms with Gasteiger partial charge in [-0.2, -0.15) is 0 Å². The number of carbonyl (C=O) groups is 1. The number of benzene rings is 1. The minimum Gasteiger partial charge on any atom is -0.506 e. The lowest BCUT2D eigenvalue weighted by atomic mass is 9.53. The van der Waals surface area contributed by atoms with Crippen molar-refractivity contribution in [1.29, 1.82) is 0 Å². The number of H-pyrrole nitrogens is 1. The average molecular weight is 338 g/mol. The maximum atomic E-state index is 12.9. The fraction of sp³-hybridized carbons (Fsp3) is 0.500. The van der Waals surface area contributed by atoms with Crippen molar-refractivity contribution in [3.8, 4) is 5.75 Å². The molecule has 0 unspecified atom stereocenters. The number of aromatic hydroxyl groups is 1. The molecule has 1 aromatic heterocycles. The zero-order valence-electron chi connectivity index (χ0n) is 14.0. The standard InChI is InChI=1S/C20H22N2O3/c23-16-3-1-2-14-17(24)7-15(21-18(14)16)19(25)22-20-8-11-4-12(9-20)6-13(5-11)10-20/h1-3,7,11-13,23H,4-6,8-10H2,(H,21,24)(H,22,25). The minimum atomic E-state index is -0.250. The molecule has 0 spiro atoms. The highest BCUT2D eigenvalue weighted by atomic mass is 16.3. The predicted octanol–water partition coefficient (Wildman–Crippen LogP) is 2.93. The highest BCUT2D eigenvalue weighted by Gasteiger charge is 2.51. The van der Waals surface area contributed by atoms with E-state index in [1.807, 2.05) is 0 Å². The molecule has 5 nitrogen and oxygen atoms in total. The Bertz CT molecular complexity index is 895. The Morgan fingerprint density at radius 2 is 1.76 bits per heavy atom. The van der Waals surface area contributed by atoms with Gasteiger partial charge in [-0.05, 0) is 68.4 Å². The van der Waals surface area contributed by atoms with Crippen LogP contribution in [-0.2, 0) is 0 Å². The van der Waals surface area contributed by atoms with Crippen molar-refractivity contribution < 1.29 is 9.90 Å². The Morgan fingerprint density at radius 3 is 2.40 bits per heavy atom. The van der Waals surface area contributed by atoms with E-state index >= 15 is 0 Å². The van der Waals surface area contributed by atoms with Gasteiger partial charge in [-0.3, -0.25) is 9.59 Å². The Kier molecular flexibility index (Phi) is 3.06. The van der Waals surface area contributed by atoms with E-state index in [2.05, 4.69) is 10.3 Å². The van der Waals surface area contributed by atoms with E-state index in [4.69, 9.17) is 0 Å². The quantitative estimate of drug-likeness (QED) is 0.787. The second-order valence-electron chi connectivity index (χ2n) is 8.40. The lowest BCUT2D eigenvalue weighted by Gasteiger charge is -2.56. The maximum Gasteiger partial charge on any atom is 0.268 e. The molecular weight excluding hydrogens is 316 g/mol. The lowest BCUT2D eigenvalue weighted by Crippen LogP contribution is -2.60. The fourth-order valence-corrected chi connectivity index (χ4v) is 5.95. The molecule has 3 N–H and O–H groups in total. The molecule has 1 heterocycles. The monoisotopic (exact) mass is 338 g/mol. The second-order valence-corrected chi connectivity index (χ2v) is 8.40. The summed E-state index contributed by atoms with van der Waals surface area (Å²) in [5.74, 6) is 1.98. The van der Waals surface area contributed by atoms with Gasteiger partial charge < -0.3 is 15.4 Å². The molecule has 4 bridgehead atoms. The highest BCUT2D eigenvalue weighted by molar-refractivity contribution is 5.96. The van der Waals surface area contributed by atoms with Crippen molar-refractivity contribution in [2.45, 2.75) is 44.1 Å². The van der Waals surface area contributed by atoms with Gasteiger partial charge in [0.15, 0.2) is 5.43 Å². The van der Waals surface area contributed by atoms with Gasteiger partial charge in [-0.25, -0.2) is 0 Å². The third kappa shape index (κ3) is 2.36. The van der Waals surface area contributed by atoms with E-state index in [9.17, 15) is 14.7 Å². The average Bonchev–Trinajstić information content (AvgIpc) is 2.54. The van der Waals surface area contributed by atoms with Crippen LogP contribution in [0.2, 0.25) is 0 Å². The van der Waals surface area contributed by atoms with Crippen LogP contribution in [0.25, 0.3) is 10.9 Å². The zero-order chi connectivity index (χ0) is 17.2. The predicted molar refractivity (Wildman–Crippen MR) is 94.6 cm³/mol. The van der Waals surface area contributed by atoms with Crippen molar-refractivity contribution in [2.24, 2.45) is 17.8 Å². The summed E-state index contributed by atoms with van der Waals surface area (Å²) in [5, 5.41) is 13.7. The number of amides is 1. The summed E-state index contributed by atoms with van der Waals surface area (Å²) in [4.78, 5) is 28.1. The number of fused-ring (bicyclic) bond motifs is 1. The third-order valence-electron chi connectivity index (χ3n) is 6.50. The molecule has 25 heavy (non-hydrogen) atoms. The van der Waals surface area contributed by atoms with E-state index < -0.39 is 0 Å². The molecule has 130 valence electrons. The first-order chi connectivity index (χ1) is 12.0. The van der Waals surface area contributed by atoms with Gasteiger partial charge in [0, 0.05) is 17.0 Å². The molecule has 2 aromatic rings. The molecule has 0 atom stereocenters. The molecule has 4 aliphatic carbocycles. The summed E-state index contributed by atoms with van der Waals surface area (Å²) in [6.07, 6.45) is 7.14. The maximum absolute atomic E-state index is 12.9. The number of aromatic nitrogens is 1. The van der Waals surface area contributed by atoms with Gasteiger partial charge in [0.1, 0.15) is 11.4 Å². The van der Waals surface area contributed by atoms with Gasteiger partial charge in [0.05, 0.1) is 5.52 Å². The summed E-state index contributed by atoms with van der Waals surface area (Å²) >= 11 is 0. The summed E-state index contributed by atoms with van der Waals surface area (Å²) in [6, 6.07) is 6.13. The Morgan fingerprint density at radius 1 is 1.12 bits per heavy atom. The molecule has 0 aliphatic heterocycles. The number of pyridine rings is 1. The molecule has 5 heteroatoms. The molecule has 4 saturated carbocycles. The van der Waals surface area contributed by atoms with Crippen molar-refractivity contribution in [3.05, 3.63) is 40.2 Å². The van der Waals surface area contributed by atoms with E-state index in [0.717, 1.165) is 37.0 Å². The van der Waals surface area contributed by atoms with Crippen molar-refractivity contribution in [3.63, 3.8) is 0 Å². The smallest absolute Gasteiger partial charge is 0.268 e. The molecule has 0 saturated heterocycles. The third-order valence-corrected chi connectivity index (χ3v) is 6.50. The second kappa shape index (κ2) is 5.10. The van der Waals surface area contributed by atoms with Crippen LogP contribution in [-0.4, -0.2) is 21.5 Å². The number of aromatic amines is 1. The molecule has 4 aliphatic rings. The first-order valence-electron chi connectivity index (χ1n) is 9.19. The highest BCUT2D eigenvalue weighted by Crippen LogP contribution is 2.55. The number of carbonyl (C=O) groups excluding carboxylic acids is 1. The van der Waals surface area contributed by atoms with Gasteiger partial charge in [0.2, 0.25) is 0 Å². The van der Waals surface area contributed by atoms with Crippen LogP contribution >= 0.6 is 0 Å². The van der Waals surface area contributed by atoms with Crippen molar-refractivity contribution >= 4 is 16.8 Å². The molecule has 4 fully saturated rings. The van der Waals surface area contributed by atoms with Crippen molar-refractivity contribution in [2.75, 3.05) is 0 Å². The first-order valence-corrected chi connectivity index (χ1v) is 9.19. The van der Waals surface area contributed by atoms with Gasteiger partial charge >= 0.3 is 0 Å². The molecule has 6 rings (SSSR count).